The van der Waals surface area contributed by atoms with Crippen LogP contribution in [-0.4, -0.2) is 179 Å². The van der Waals surface area contributed by atoms with Crippen molar-refractivity contribution in [3.63, 3.8) is 0 Å². The zero-order valence-corrected chi connectivity index (χ0v) is 80.9. The van der Waals surface area contributed by atoms with E-state index in [0.717, 1.165) is 54.2 Å². The van der Waals surface area contributed by atoms with E-state index in [-0.39, 0.29) is 23.6 Å². The Hall–Kier alpha value is -13.6. The van der Waals surface area contributed by atoms with Gasteiger partial charge in [0.2, 0.25) is 0 Å². The predicted molar refractivity (Wildman–Crippen MR) is 543 cm³/mol. The van der Waals surface area contributed by atoms with Crippen molar-refractivity contribution in [1.29, 1.82) is 0 Å². The van der Waals surface area contributed by atoms with E-state index < -0.39 is 40.8 Å². The molecule has 11 heterocycles. The maximum Gasteiger partial charge on any atom is 0.303 e. The number of anilines is 8. The van der Waals surface area contributed by atoms with Crippen molar-refractivity contribution in [3.05, 3.63) is 326 Å². The highest BCUT2D eigenvalue weighted by atomic mass is 35.5. The topological polar surface area (TPSA) is 378 Å². The molecule has 0 saturated carbocycles. The molecule has 0 aliphatic carbocycles. The van der Waals surface area contributed by atoms with Gasteiger partial charge in [-0.3, -0.25) is 51.4 Å². The van der Waals surface area contributed by atoms with E-state index in [0.29, 0.717) is 191 Å². The first kappa shape index (κ1) is 95.2. The number of aromatic nitrogens is 7. The summed E-state index contributed by atoms with van der Waals surface area (Å²) in [5.74, 6) is -0.778. The molecule has 5 N–H and O–H groups in total. The van der Waals surface area contributed by atoms with Crippen LogP contribution in [0.1, 0.15) is 58.1 Å². The third-order valence-electron chi connectivity index (χ3n) is 23.2. The molecule has 4 saturated heterocycles. The van der Waals surface area contributed by atoms with Gasteiger partial charge in [-0.15, -0.1) is 11.3 Å². The van der Waals surface area contributed by atoms with E-state index >= 15 is 0 Å². The van der Waals surface area contributed by atoms with Gasteiger partial charge >= 0.3 is 40.8 Å². The van der Waals surface area contributed by atoms with Crippen molar-refractivity contribution < 1.29 is 52.8 Å². The molecular weight excluding hydrogens is 1930 g/mol. The molecule has 9 aromatic carbocycles. The largest absolute Gasteiger partial charge is 0.322 e. The second kappa shape index (κ2) is 39.6. The predicted octanol–water partition coefficient (Wildman–Crippen LogP) is 18.0. The number of halogens is 4. The summed E-state index contributed by atoms with van der Waals surface area (Å²) in [6.45, 7) is 8.43. The summed E-state index contributed by atoms with van der Waals surface area (Å²) < 4.78 is 112. The molecule has 0 bridgehead atoms. The summed E-state index contributed by atoms with van der Waals surface area (Å²) in [7, 11) is -9.42. The minimum Gasteiger partial charge on any atom is -0.322 e. The van der Waals surface area contributed by atoms with Crippen molar-refractivity contribution in [1.82, 2.24) is 52.5 Å². The van der Waals surface area contributed by atoms with Crippen LogP contribution in [0.4, 0.5) is 45.5 Å². The summed E-state index contributed by atoms with van der Waals surface area (Å²) in [5, 5.41) is 18.5. The number of carbonyl (C=O) groups is 4. The molecule has 7 aromatic heterocycles. The second-order valence-corrected chi connectivity index (χ2v) is 42.2. The number of amides is 4. The van der Waals surface area contributed by atoms with Crippen LogP contribution in [0.2, 0.25) is 20.1 Å². The van der Waals surface area contributed by atoms with Gasteiger partial charge < -0.3 is 21.3 Å². The number of fused-ring (bicyclic) bond motifs is 4. The first-order valence-electron chi connectivity index (χ1n) is 42.5. The third-order valence-corrected chi connectivity index (χ3v) is 32.7. The smallest absolute Gasteiger partial charge is 0.303 e. The van der Waals surface area contributed by atoms with Gasteiger partial charge in [0.15, 0.2) is 5.82 Å². The number of thiophene rings is 1. The van der Waals surface area contributed by atoms with E-state index in [1.54, 1.807) is 236 Å². The molecule has 0 atom stereocenters. The van der Waals surface area contributed by atoms with Crippen LogP contribution in [0.5, 0.6) is 0 Å². The molecular formula is C97H83Cl4N19O12S5. The Bertz CT molecular complexity index is 7460. The number of carbonyl (C=O) groups excluding carboxylic acids is 4. The van der Waals surface area contributed by atoms with Gasteiger partial charge in [0.25, 0.3) is 23.6 Å². The Balaban J connectivity index is 0.000000127. The van der Waals surface area contributed by atoms with Crippen molar-refractivity contribution in [3.8, 4) is 45.2 Å². The highest BCUT2D eigenvalue weighted by molar-refractivity contribution is 7.91. The van der Waals surface area contributed by atoms with Crippen LogP contribution in [0, 0.1) is 20.8 Å². The van der Waals surface area contributed by atoms with Crippen LogP contribution in [0.3, 0.4) is 0 Å². The number of hydrogen-bond acceptors (Lipinski definition) is 20. The third kappa shape index (κ3) is 20.3. The fraction of sp³-hybridized carbons (Fsp3) is 0.144. The summed E-state index contributed by atoms with van der Waals surface area (Å²) >= 11 is 27.4. The van der Waals surface area contributed by atoms with Gasteiger partial charge in [-0.05, 0) is 255 Å². The Morgan fingerprint density at radius 2 is 0.825 bits per heavy atom. The number of para-hydroxylation sites is 1. The minimum absolute atomic E-state index is 0.304. The van der Waals surface area contributed by atoms with Gasteiger partial charge in [0, 0.05) is 193 Å². The van der Waals surface area contributed by atoms with Gasteiger partial charge in [0.05, 0.1) is 82.0 Å². The van der Waals surface area contributed by atoms with Crippen LogP contribution in [0.25, 0.3) is 88.1 Å². The van der Waals surface area contributed by atoms with E-state index in [4.69, 9.17) is 46.4 Å². The van der Waals surface area contributed by atoms with Crippen LogP contribution >= 0.6 is 57.7 Å². The number of benzene rings is 9. The second-order valence-electron chi connectivity index (χ2n) is 32.1. The van der Waals surface area contributed by atoms with Gasteiger partial charge in [-0.1, -0.05) is 64.6 Å². The molecule has 4 amide bonds. The number of likely N-dealkylation sites (N-methyl/N-ethyl adjacent to an activating group) is 3. The number of aryl methyl sites for hydroxylation is 3. The average molecular weight is 2010 g/mol. The quantitative estimate of drug-likeness (QED) is 0.0600. The monoisotopic (exact) mass is 2010 g/mol. The van der Waals surface area contributed by atoms with Crippen LogP contribution < -0.4 is 43.2 Å². The molecule has 4 aliphatic rings. The molecule has 40 heteroatoms. The number of hydrogen-bond donors (Lipinski definition) is 5. The molecule has 4 fully saturated rings. The Kier molecular flexibility index (Phi) is 27.5. The lowest BCUT2D eigenvalue weighted by atomic mass is 10.1. The molecule has 31 nitrogen and oxygen atoms in total. The fourth-order valence-corrected chi connectivity index (χ4v) is 22.6. The summed E-state index contributed by atoms with van der Waals surface area (Å²) in [6.07, 6.45) is 8.62. The van der Waals surface area contributed by atoms with Crippen molar-refractivity contribution in [2.24, 2.45) is 0 Å². The van der Waals surface area contributed by atoms with Crippen LogP contribution in [-0.2, 0) is 40.8 Å². The lowest BCUT2D eigenvalue weighted by Crippen LogP contribution is -2.30. The number of nitrogens with zero attached hydrogens (tertiary/aromatic N) is 14. The maximum absolute atomic E-state index is 13.0. The highest BCUT2D eigenvalue weighted by Gasteiger charge is 2.38. The molecule has 696 valence electrons. The Morgan fingerprint density at radius 1 is 0.372 bits per heavy atom. The molecule has 0 spiro atoms. The lowest BCUT2D eigenvalue weighted by molar-refractivity contribution is 0.101. The number of rotatable bonds is 16. The zero-order valence-electron chi connectivity index (χ0n) is 73.8. The fourth-order valence-electron chi connectivity index (χ4n) is 15.8. The molecule has 0 unspecified atom stereocenters. The van der Waals surface area contributed by atoms with Crippen molar-refractivity contribution in [2.45, 2.75) is 20.8 Å². The molecule has 4 aliphatic heterocycles. The van der Waals surface area contributed by atoms with Gasteiger partial charge in [0.1, 0.15) is 0 Å². The van der Waals surface area contributed by atoms with Gasteiger partial charge in [-0.2, -0.15) is 51.3 Å². The standard InChI is InChI=1S/3C25H22ClN5O3S.C22H17ClN4O3S2/c1-16-13-19(31-12-11-30(2)35(31,33)34)5-6-20(16)25(32)28-18-4-7-22(26)21(14-18)24-8-3-17-15-27-10-9-23(17)29-24;1-16-14-18(31-13-12-30(2)35(31,33)34)6-7-19(16)25(32)28-17-5-8-21(26)20(15-17)22-9-10-23-24(29-22)4-3-11-27-23;1-16-13-19(31-12-11-30(2)35(31,33)34)8-9-20(16)25(32)28-18-7-10-22(26)21(14-18)24-27-15-17-5-3-4-6-23(17)29-24;23-19-6-3-15(13-18(19)21-17-8-12-31-20(17)7-9-24-21)26-22(28)14-1-4-16(5-2-14)27-11-10-25-32(27,29)30/h3-10,13-15H,11-12H2,1-2H3,(H,28,32);3-11,14-15H,12-13H2,1-2H3,(H,28,32);3-10,13-15H,11-12H2,1-2H3,(H,28,32);1-9,12-13,25H,10-11H2,(H,26,28). The zero-order chi connectivity index (χ0) is 96.5. The lowest BCUT2D eigenvalue weighted by Gasteiger charge is -2.19. The van der Waals surface area contributed by atoms with Gasteiger partial charge in [-0.25, -0.2) is 19.9 Å². The summed E-state index contributed by atoms with van der Waals surface area (Å²) in [6, 6.07) is 67.0. The summed E-state index contributed by atoms with van der Waals surface area (Å²) in [5.41, 5.74) is 16.1. The van der Waals surface area contributed by atoms with Crippen molar-refractivity contribution >= 4 is 211 Å². The molecule has 137 heavy (non-hydrogen) atoms. The molecule has 0 radical (unpaired) electrons. The summed E-state index contributed by atoms with van der Waals surface area (Å²) in [4.78, 5) is 83.1. The highest BCUT2D eigenvalue weighted by Crippen LogP contribution is 2.40. The van der Waals surface area contributed by atoms with E-state index in [1.807, 2.05) is 84.2 Å². The normalized spacial score (nSPS) is 15.4. The molecule has 16 aromatic rings. The first-order valence-corrected chi connectivity index (χ1v) is 50.5. The SMILES string of the molecule is Cc1cc(N2CCN(C)S2(=O)=O)ccc1C(=O)Nc1ccc(Cl)c(-c2ccc3cnccc3n2)c1.Cc1cc(N2CCN(C)S2(=O)=O)ccc1C(=O)Nc1ccc(Cl)c(-c2ccc3ncccc3n2)c1.Cc1cc(N2CCN(C)S2(=O)=O)ccc1C(=O)Nc1ccc(Cl)c(-c2ncc3ccccc3n2)c1.O=C(Nc1ccc(Cl)c(-c2nccc3sccc23)c1)c1ccc(N2CCNS2(=O)=O)cc1. The van der Waals surface area contributed by atoms with E-state index in [2.05, 4.69) is 60.9 Å². The average Bonchev–Trinajstić information content (AvgIpc) is 1.61. The first-order chi connectivity index (χ1) is 65.6. The van der Waals surface area contributed by atoms with Crippen LogP contribution in [0.15, 0.2) is 267 Å². The maximum atomic E-state index is 13.0. The Labute approximate surface area is 813 Å². The van der Waals surface area contributed by atoms with E-state index in [9.17, 15) is 52.8 Å². The number of pyridine rings is 5. The number of nitrogens with one attached hydrogen (secondary N) is 5. The molecule has 20 rings (SSSR count). The van der Waals surface area contributed by atoms with E-state index in [1.165, 1.54) is 30.1 Å². The Morgan fingerprint density at radius 3 is 1.33 bits per heavy atom. The minimum atomic E-state index is -3.52. The van der Waals surface area contributed by atoms with Crippen molar-refractivity contribution in [2.75, 3.05) is 112 Å².